The fourth-order valence-corrected chi connectivity index (χ4v) is 4.91. The average Bonchev–Trinajstić information content (AvgIpc) is 2.14. The van der Waals surface area contributed by atoms with E-state index >= 15 is 0 Å². The zero-order valence-corrected chi connectivity index (χ0v) is 10.5. The molecule has 1 atom stereocenters. The zero-order chi connectivity index (χ0) is 12.4. The average molecular weight is 273 g/mol. The first-order valence-corrected chi connectivity index (χ1v) is 8.29. The van der Waals surface area contributed by atoms with Crippen LogP contribution in [0.25, 0.3) is 0 Å². The van der Waals surface area contributed by atoms with Gasteiger partial charge in [-0.05, 0) is 0 Å². The summed E-state index contributed by atoms with van der Waals surface area (Å²) in [6.07, 6.45) is 0.289. The van der Waals surface area contributed by atoms with Crippen molar-refractivity contribution in [3.63, 3.8) is 0 Å². The van der Waals surface area contributed by atoms with E-state index in [0.29, 0.717) is 0 Å². The maximum atomic E-state index is 11.7. The molecule has 1 unspecified atom stereocenters. The number of hydrogen-bond donors (Lipinski definition) is 1. The van der Waals surface area contributed by atoms with Crippen LogP contribution < -0.4 is 0 Å². The molecule has 16 heavy (non-hydrogen) atoms. The molecule has 0 saturated carbocycles. The van der Waals surface area contributed by atoms with E-state index in [1.807, 2.05) is 0 Å². The van der Waals surface area contributed by atoms with Gasteiger partial charge in [0.05, 0.1) is 19.3 Å². The molecule has 0 amide bonds. The molecular formula is C7H15NO6S2. The van der Waals surface area contributed by atoms with Crippen molar-refractivity contribution in [2.75, 3.05) is 37.6 Å². The Morgan fingerprint density at radius 2 is 2.00 bits per heavy atom. The van der Waals surface area contributed by atoms with E-state index in [1.54, 1.807) is 0 Å². The molecule has 0 aromatic heterocycles. The largest absolute Gasteiger partial charge is 0.394 e. The Balaban J connectivity index is 2.76. The molecule has 1 saturated heterocycles. The number of morpholine rings is 1. The molecule has 1 fully saturated rings. The molecule has 9 heteroatoms. The van der Waals surface area contributed by atoms with Crippen molar-refractivity contribution in [1.29, 1.82) is 0 Å². The molecule has 0 spiro atoms. The highest BCUT2D eigenvalue weighted by Gasteiger charge is 2.31. The fraction of sp³-hybridized carbons (Fsp3) is 1.00. The van der Waals surface area contributed by atoms with Crippen LogP contribution in [0.2, 0.25) is 0 Å². The minimum atomic E-state index is -3.83. The van der Waals surface area contributed by atoms with Gasteiger partial charge < -0.3 is 9.84 Å². The van der Waals surface area contributed by atoms with Crippen molar-refractivity contribution >= 4 is 19.9 Å². The molecule has 0 aromatic rings. The van der Waals surface area contributed by atoms with Gasteiger partial charge in [0.15, 0.2) is 14.9 Å². The Bertz CT molecular complexity index is 428. The summed E-state index contributed by atoms with van der Waals surface area (Å²) >= 11 is 0. The molecule has 0 aromatic carbocycles. The third-order valence-corrected chi connectivity index (χ3v) is 6.08. The number of hydrogen-bond acceptors (Lipinski definition) is 6. The van der Waals surface area contributed by atoms with Crippen molar-refractivity contribution in [2.45, 2.75) is 6.10 Å². The molecule has 0 aliphatic carbocycles. The van der Waals surface area contributed by atoms with Crippen LogP contribution in [-0.4, -0.2) is 70.0 Å². The molecule has 1 aliphatic rings. The molecular weight excluding hydrogens is 258 g/mol. The summed E-state index contributed by atoms with van der Waals surface area (Å²) in [5.41, 5.74) is 0. The summed E-state index contributed by atoms with van der Waals surface area (Å²) in [6.45, 7) is -0.0121. The van der Waals surface area contributed by atoms with E-state index in [9.17, 15) is 16.8 Å². The molecule has 96 valence electrons. The van der Waals surface area contributed by atoms with Crippen molar-refractivity contribution in [3.8, 4) is 0 Å². The fourth-order valence-electron chi connectivity index (χ4n) is 1.40. The number of nitrogens with zero attached hydrogens (tertiary/aromatic N) is 1. The summed E-state index contributed by atoms with van der Waals surface area (Å²) in [5.74, 6) is 0. The third-order valence-electron chi connectivity index (χ3n) is 2.06. The van der Waals surface area contributed by atoms with E-state index in [2.05, 4.69) is 0 Å². The lowest BCUT2D eigenvalue weighted by molar-refractivity contribution is -0.0303. The van der Waals surface area contributed by atoms with Crippen LogP contribution in [0.4, 0.5) is 0 Å². The molecule has 0 radical (unpaired) electrons. The van der Waals surface area contributed by atoms with Crippen LogP contribution in [0.3, 0.4) is 0 Å². The van der Waals surface area contributed by atoms with Gasteiger partial charge in [-0.15, -0.1) is 0 Å². The van der Waals surface area contributed by atoms with Crippen molar-refractivity contribution < 1.29 is 26.7 Å². The monoisotopic (exact) mass is 273 g/mol. The number of sulfone groups is 1. The van der Waals surface area contributed by atoms with Crippen LogP contribution >= 0.6 is 0 Å². The van der Waals surface area contributed by atoms with Gasteiger partial charge >= 0.3 is 0 Å². The third kappa shape index (κ3) is 3.98. The molecule has 1 rings (SSSR count). The summed E-state index contributed by atoms with van der Waals surface area (Å²) in [6, 6.07) is 0. The van der Waals surface area contributed by atoms with Crippen LogP contribution in [0.5, 0.6) is 0 Å². The minimum Gasteiger partial charge on any atom is -0.394 e. The predicted molar refractivity (Wildman–Crippen MR) is 57.0 cm³/mol. The maximum absolute atomic E-state index is 11.7. The number of sulfonamides is 1. The van der Waals surface area contributed by atoms with E-state index < -0.39 is 31.0 Å². The van der Waals surface area contributed by atoms with E-state index in [4.69, 9.17) is 9.84 Å². The smallest absolute Gasteiger partial charge is 0.228 e. The van der Waals surface area contributed by atoms with Gasteiger partial charge in [-0.1, -0.05) is 0 Å². The lowest BCUT2D eigenvalue weighted by Gasteiger charge is -2.30. The predicted octanol–water partition coefficient (Wildman–Crippen LogP) is -1.99. The van der Waals surface area contributed by atoms with Crippen molar-refractivity contribution in [3.05, 3.63) is 0 Å². The Morgan fingerprint density at radius 3 is 2.50 bits per heavy atom. The standard InChI is InChI=1S/C7H15NO6S2/c1-15(10,11)6-16(12,13)8-2-3-14-7(4-8)5-9/h7,9H,2-6H2,1H3. The van der Waals surface area contributed by atoms with Gasteiger partial charge in [-0.2, -0.15) is 4.31 Å². The first-order chi connectivity index (χ1) is 7.24. The highest BCUT2D eigenvalue weighted by Crippen LogP contribution is 2.11. The maximum Gasteiger partial charge on any atom is 0.228 e. The van der Waals surface area contributed by atoms with Gasteiger partial charge in [-0.3, -0.25) is 0 Å². The molecule has 1 aliphatic heterocycles. The summed E-state index contributed by atoms with van der Waals surface area (Å²) in [4.78, 5) is 0. The van der Waals surface area contributed by atoms with Crippen LogP contribution in [-0.2, 0) is 24.6 Å². The second-order valence-corrected chi connectivity index (χ2v) is 8.16. The van der Waals surface area contributed by atoms with Crippen LogP contribution in [0, 0.1) is 0 Å². The molecule has 1 heterocycles. The SMILES string of the molecule is CS(=O)(=O)CS(=O)(=O)N1CCOC(CO)C1. The van der Waals surface area contributed by atoms with Gasteiger partial charge in [0, 0.05) is 19.3 Å². The van der Waals surface area contributed by atoms with Crippen molar-refractivity contribution in [2.24, 2.45) is 0 Å². The van der Waals surface area contributed by atoms with Gasteiger partial charge in [0.2, 0.25) is 10.0 Å². The Labute approximate surface area is 95.0 Å². The van der Waals surface area contributed by atoms with Crippen molar-refractivity contribution in [1.82, 2.24) is 4.31 Å². The Hall–Kier alpha value is -0.220. The number of aliphatic hydroxyl groups excluding tert-OH is 1. The summed E-state index contributed by atoms with van der Waals surface area (Å²) in [5, 5.41) is 7.94. The second kappa shape index (κ2) is 4.96. The van der Waals surface area contributed by atoms with Gasteiger partial charge in [-0.25, -0.2) is 16.8 Å². The highest BCUT2D eigenvalue weighted by molar-refractivity contribution is 8.06. The van der Waals surface area contributed by atoms with Gasteiger partial charge in [0.1, 0.15) is 0 Å². The first-order valence-electron chi connectivity index (χ1n) is 4.62. The number of rotatable bonds is 4. The molecule has 7 nitrogen and oxygen atoms in total. The lowest BCUT2D eigenvalue weighted by Crippen LogP contribution is -2.48. The first kappa shape index (κ1) is 13.8. The van der Waals surface area contributed by atoms with E-state index in [1.165, 1.54) is 0 Å². The normalized spacial score (nSPS) is 24.5. The number of aliphatic hydroxyl groups is 1. The molecule has 1 N–H and O–H groups in total. The summed E-state index contributed by atoms with van der Waals surface area (Å²) in [7, 11) is -7.42. The quantitative estimate of drug-likeness (QED) is 0.636. The highest BCUT2D eigenvalue weighted by atomic mass is 32.3. The summed E-state index contributed by atoms with van der Waals surface area (Å²) < 4.78 is 51.4. The van der Waals surface area contributed by atoms with Crippen LogP contribution in [0.1, 0.15) is 0 Å². The minimum absolute atomic E-state index is 0.00560. The van der Waals surface area contributed by atoms with Gasteiger partial charge in [0.25, 0.3) is 0 Å². The Kier molecular flexibility index (Phi) is 4.29. The van der Waals surface area contributed by atoms with E-state index in [0.717, 1.165) is 10.6 Å². The Morgan fingerprint density at radius 1 is 1.38 bits per heavy atom. The van der Waals surface area contributed by atoms with Crippen LogP contribution in [0.15, 0.2) is 0 Å². The second-order valence-electron chi connectivity index (χ2n) is 3.69. The van der Waals surface area contributed by atoms with E-state index in [-0.39, 0.29) is 26.3 Å². The lowest BCUT2D eigenvalue weighted by atomic mass is 10.3. The molecule has 0 bridgehead atoms. The number of ether oxygens (including phenoxy) is 1. The zero-order valence-electron chi connectivity index (χ0n) is 8.87. The topological polar surface area (TPSA) is 101 Å².